The van der Waals surface area contributed by atoms with Gasteiger partial charge in [-0.25, -0.2) is 4.98 Å². The average Bonchev–Trinajstić information content (AvgIpc) is 3.00. The molecule has 1 N–H and O–H groups in total. The normalized spacial score (nSPS) is 22.5. The summed E-state index contributed by atoms with van der Waals surface area (Å²) in [4.78, 5) is 22.0. The van der Waals surface area contributed by atoms with Crippen LogP contribution in [0.2, 0.25) is 0 Å². The van der Waals surface area contributed by atoms with Gasteiger partial charge in [0.2, 0.25) is 5.91 Å². The summed E-state index contributed by atoms with van der Waals surface area (Å²) in [5.74, 6) is 0.639. The Morgan fingerprint density at radius 3 is 2.81 bits per heavy atom. The average molecular weight is 355 g/mol. The molecule has 0 unspecified atom stereocenters. The maximum atomic E-state index is 12.7. The van der Waals surface area contributed by atoms with Crippen LogP contribution in [0.1, 0.15) is 56.6 Å². The number of carbonyl (C=O) groups excluding carboxylic acids is 1. The lowest BCUT2D eigenvalue weighted by Crippen LogP contribution is -2.41. The second kappa shape index (κ2) is 8.16. The summed E-state index contributed by atoms with van der Waals surface area (Å²) in [5.41, 5.74) is 1.92. The van der Waals surface area contributed by atoms with Crippen LogP contribution in [0.5, 0.6) is 0 Å². The first kappa shape index (κ1) is 17.5. The third-order valence-electron chi connectivity index (χ3n) is 5.86. The van der Waals surface area contributed by atoms with E-state index in [-0.39, 0.29) is 0 Å². The van der Waals surface area contributed by atoms with Crippen molar-refractivity contribution in [3.05, 3.63) is 24.0 Å². The summed E-state index contributed by atoms with van der Waals surface area (Å²) in [6.45, 7) is 4.92. The lowest BCUT2D eigenvalue weighted by atomic mass is 9.94. The number of nitrogens with zero attached hydrogens (tertiary/aromatic N) is 4. The van der Waals surface area contributed by atoms with Gasteiger partial charge in [0.05, 0.1) is 6.20 Å². The smallest absolute Gasteiger partial charge is 0.223 e. The zero-order valence-electron chi connectivity index (χ0n) is 15.5. The number of pyridine rings is 1. The Bertz CT molecular complexity index is 735. The second-order valence-corrected chi connectivity index (χ2v) is 7.73. The number of likely N-dealkylation sites (tertiary alicyclic amines) is 2. The quantitative estimate of drug-likeness (QED) is 0.916. The topological polar surface area (TPSA) is 65.1 Å². The van der Waals surface area contributed by atoms with Gasteiger partial charge in [-0.2, -0.15) is 5.10 Å². The maximum Gasteiger partial charge on any atom is 0.223 e. The summed E-state index contributed by atoms with van der Waals surface area (Å²) in [5, 5.41) is 8.03. The van der Waals surface area contributed by atoms with Gasteiger partial charge in [-0.3, -0.25) is 9.89 Å². The second-order valence-electron chi connectivity index (χ2n) is 7.73. The number of H-pyrrole nitrogens is 1. The van der Waals surface area contributed by atoms with Crippen LogP contribution in [0.4, 0.5) is 0 Å². The Kier molecular flexibility index (Phi) is 5.48. The molecule has 140 valence electrons. The molecule has 6 heteroatoms. The van der Waals surface area contributed by atoms with Crippen LogP contribution in [0.15, 0.2) is 18.3 Å². The highest BCUT2D eigenvalue weighted by atomic mass is 16.2. The van der Waals surface area contributed by atoms with Crippen LogP contribution in [0.25, 0.3) is 11.0 Å². The zero-order valence-corrected chi connectivity index (χ0v) is 15.5. The lowest BCUT2D eigenvalue weighted by molar-refractivity contribution is -0.132. The molecule has 2 aliphatic rings. The first-order valence-electron chi connectivity index (χ1n) is 10.1. The highest BCUT2D eigenvalue weighted by molar-refractivity contribution is 5.76. The molecule has 2 aromatic rings. The third kappa shape index (κ3) is 4.06. The molecule has 2 saturated heterocycles. The number of aromatic nitrogens is 3. The maximum absolute atomic E-state index is 12.7. The number of aromatic amines is 1. The van der Waals surface area contributed by atoms with Crippen molar-refractivity contribution < 1.29 is 4.79 Å². The van der Waals surface area contributed by atoms with E-state index in [1.807, 2.05) is 0 Å². The molecule has 26 heavy (non-hydrogen) atoms. The number of amides is 1. The van der Waals surface area contributed by atoms with Crippen molar-refractivity contribution in [1.29, 1.82) is 0 Å². The Balaban J connectivity index is 1.34. The number of hydrogen-bond acceptors (Lipinski definition) is 4. The van der Waals surface area contributed by atoms with Crippen LogP contribution in [0, 0.1) is 0 Å². The first-order valence-corrected chi connectivity index (χ1v) is 10.1. The Labute approximate surface area is 155 Å². The number of rotatable bonds is 4. The van der Waals surface area contributed by atoms with Gasteiger partial charge in [0.15, 0.2) is 5.65 Å². The van der Waals surface area contributed by atoms with Gasteiger partial charge in [-0.05, 0) is 50.9 Å². The Hall–Kier alpha value is -1.95. The van der Waals surface area contributed by atoms with E-state index in [1.54, 1.807) is 6.20 Å². The van der Waals surface area contributed by atoms with E-state index < -0.39 is 0 Å². The fourth-order valence-electron chi connectivity index (χ4n) is 4.29. The largest absolute Gasteiger partial charge is 0.342 e. The van der Waals surface area contributed by atoms with Crippen molar-refractivity contribution in [3.63, 3.8) is 0 Å². The van der Waals surface area contributed by atoms with Crippen LogP contribution in [0.3, 0.4) is 0 Å². The molecule has 0 aliphatic carbocycles. The third-order valence-corrected chi connectivity index (χ3v) is 5.86. The number of carbonyl (C=O) groups is 1. The minimum absolute atomic E-state index is 0.307. The van der Waals surface area contributed by atoms with Crippen LogP contribution in [-0.4, -0.2) is 63.6 Å². The van der Waals surface area contributed by atoms with Crippen molar-refractivity contribution in [1.82, 2.24) is 25.0 Å². The van der Waals surface area contributed by atoms with Gasteiger partial charge in [-0.15, -0.1) is 0 Å². The van der Waals surface area contributed by atoms with Gasteiger partial charge in [0, 0.05) is 43.1 Å². The molecule has 1 atom stereocenters. The molecular weight excluding hydrogens is 326 g/mol. The van der Waals surface area contributed by atoms with Crippen molar-refractivity contribution in [3.8, 4) is 0 Å². The predicted molar refractivity (Wildman–Crippen MR) is 102 cm³/mol. The van der Waals surface area contributed by atoms with E-state index in [0.717, 1.165) is 62.3 Å². The monoisotopic (exact) mass is 355 g/mol. The molecule has 2 aliphatic heterocycles. The molecule has 2 aromatic heterocycles. The van der Waals surface area contributed by atoms with E-state index in [1.165, 1.54) is 25.7 Å². The molecule has 1 amide bonds. The molecule has 4 rings (SSSR count). The van der Waals surface area contributed by atoms with E-state index in [0.29, 0.717) is 18.2 Å². The van der Waals surface area contributed by atoms with Crippen molar-refractivity contribution in [2.75, 3.05) is 32.7 Å². The predicted octanol–water partition coefficient (Wildman–Crippen LogP) is 2.93. The van der Waals surface area contributed by atoms with Crippen LogP contribution in [-0.2, 0) is 4.79 Å². The zero-order chi connectivity index (χ0) is 17.8. The minimum Gasteiger partial charge on any atom is -0.342 e. The summed E-state index contributed by atoms with van der Waals surface area (Å²) < 4.78 is 0. The first-order chi connectivity index (χ1) is 12.8. The van der Waals surface area contributed by atoms with Crippen LogP contribution >= 0.6 is 0 Å². The van der Waals surface area contributed by atoms with E-state index >= 15 is 0 Å². The molecular formula is C20H29N5O. The number of nitrogens with one attached hydrogen (secondary N) is 1. The van der Waals surface area contributed by atoms with Gasteiger partial charge < -0.3 is 9.80 Å². The standard InChI is InChI=1S/C20H29N5O/c26-19(9-13-24-10-3-1-2-4-11-24)25-12-5-6-17(15-25)18-8-7-16-14-21-23-20(16)22-18/h7-8,14,17H,1-6,9-13,15H2,(H,21,22,23)/t17-/m0/s1. The van der Waals surface area contributed by atoms with Crippen molar-refractivity contribution in [2.45, 2.75) is 50.9 Å². The molecule has 0 aromatic carbocycles. The Morgan fingerprint density at radius 1 is 1.12 bits per heavy atom. The highest BCUT2D eigenvalue weighted by Crippen LogP contribution is 2.27. The molecule has 0 bridgehead atoms. The number of piperidine rings is 1. The van der Waals surface area contributed by atoms with Gasteiger partial charge in [-0.1, -0.05) is 12.8 Å². The molecule has 0 spiro atoms. The fourth-order valence-corrected chi connectivity index (χ4v) is 4.29. The van der Waals surface area contributed by atoms with Gasteiger partial charge >= 0.3 is 0 Å². The minimum atomic E-state index is 0.307. The molecule has 2 fully saturated rings. The van der Waals surface area contributed by atoms with Crippen molar-refractivity contribution in [2.24, 2.45) is 0 Å². The van der Waals surface area contributed by atoms with Crippen LogP contribution < -0.4 is 0 Å². The molecule has 4 heterocycles. The number of hydrogen-bond donors (Lipinski definition) is 1. The van der Waals surface area contributed by atoms with E-state index in [4.69, 9.17) is 4.98 Å². The highest BCUT2D eigenvalue weighted by Gasteiger charge is 2.26. The van der Waals surface area contributed by atoms with Crippen molar-refractivity contribution >= 4 is 16.9 Å². The van der Waals surface area contributed by atoms with E-state index in [9.17, 15) is 4.79 Å². The SMILES string of the molecule is O=C(CCN1CCCCCC1)N1CCC[C@H](c2ccc3cn[nH]c3n2)C1. The van der Waals surface area contributed by atoms with E-state index in [2.05, 4.69) is 32.1 Å². The molecule has 0 saturated carbocycles. The molecule has 6 nitrogen and oxygen atoms in total. The Morgan fingerprint density at radius 2 is 1.96 bits per heavy atom. The summed E-state index contributed by atoms with van der Waals surface area (Å²) in [7, 11) is 0. The fraction of sp³-hybridized carbons (Fsp3) is 0.650. The summed E-state index contributed by atoms with van der Waals surface area (Å²) in [6.07, 6.45) is 9.85. The summed E-state index contributed by atoms with van der Waals surface area (Å²) in [6, 6.07) is 4.16. The molecule has 0 radical (unpaired) electrons. The summed E-state index contributed by atoms with van der Waals surface area (Å²) >= 11 is 0. The van der Waals surface area contributed by atoms with Gasteiger partial charge in [0.1, 0.15) is 0 Å². The lowest BCUT2D eigenvalue weighted by Gasteiger charge is -2.33. The van der Waals surface area contributed by atoms with Gasteiger partial charge in [0.25, 0.3) is 0 Å². The number of fused-ring (bicyclic) bond motifs is 1.